The maximum Gasteiger partial charge on any atom is 0.228 e. The van der Waals surface area contributed by atoms with E-state index < -0.39 is 0 Å². The summed E-state index contributed by atoms with van der Waals surface area (Å²) in [7, 11) is 0. The number of para-hydroxylation sites is 1. The van der Waals surface area contributed by atoms with Crippen LogP contribution in [0.4, 0.5) is 5.69 Å². The highest BCUT2D eigenvalue weighted by Crippen LogP contribution is 2.33. The Morgan fingerprint density at radius 1 is 1.33 bits per heavy atom. The number of nitrogens with zero attached hydrogens (tertiary/aromatic N) is 1. The van der Waals surface area contributed by atoms with E-state index in [0.29, 0.717) is 32.1 Å². The number of hydrogen-bond acceptors (Lipinski definition) is 4. The molecule has 1 aromatic rings. The van der Waals surface area contributed by atoms with E-state index in [0.717, 1.165) is 10.6 Å². The standard InChI is InChI=1S/C15H18N2O3S/c18-14(17-5-7-20-8-6-17)9-11-10-21-13-4-2-1-3-12(13)16-15(11)19/h1-4,11H,5-10H2,(H,16,19)/t11-/m1/s1. The van der Waals surface area contributed by atoms with E-state index in [-0.39, 0.29) is 24.2 Å². The van der Waals surface area contributed by atoms with E-state index in [9.17, 15) is 9.59 Å². The molecule has 1 saturated heterocycles. The number of benzene rings is 1. The summed E-state index contributed by atoms with van der Waals surface area (Å²) in [5.74, 6) is 0.343. The van der Waals surface area contributed by atoms with Crippen molar-refractivity contribution in [2.45, 2.75) is 11.3 Å². The first-order valence-electron chi connectivity index (χ1n) is 7.12. The molecule has 3 rings (SSSR count). The summed E-state index contributed by atoms with van der Waals surface area (Å²) < 4.78 is 5.25. The van der Waals surface area contributed by atoms with E-state index >= 15 is 0 Å². The van der Waals surface area contributed by atoms with Gasteiger partial charge in [0.15, 0.2) is 0 Å². The minimum atomic E-state index is -0.280. The van der Waals surface area contributed by atoms with E-state index in [4.69, 9.17) is 4.74 Å². The quantitative estimate of drug-likeness (QED) is 0.901. The number of morpholine rings is 1. The van der Waals surface area contributed by atoms with Gasteiger partial charge in [0.2, 0.25) is 11.8 Å². The Morgan fingerprint density at radius 2 is 2.10 bits per heavy atom. The van der Waals surface area contributed by atoms with Crippen LogP contribution in [0.1, 0.15) is 6.42 Å². The molecule has 21 heavy (non-hydrogen) atoms. The topological polar surface area (TPSA) is 58.6 Å². The zero-order valence-electron chi connectivity index (χ0n) is 11.7. The SMILES string of the molecule is O=C1Nc2ccccc2SC[C@H]1CC(=O)N1CCOCC1. The Bertz CT molecular complexity index is 543. The number of fused-ring (bicyclic) bond motifs is 1. The second-order valence-corrected chi connectivity index (χ2v) is 6.25. The molecule has 0 unspecified atom stereocenters. The average Bonchev–Trinajstić information content (AvgIpc) is 2.67. The molecular weight excluding hydrogens is 288 g/mol. The first-order chi connectivity index (χ1) is 10.2. The fraction of sp³-hybridized carbons (Fsp3) is 0.467. The Labute approximate surface area is 128 Å². The van der Waals surface area contributed by atoms with Gasteiger partial charge >= 0.3 is 0 Å². The van der Waals surface area contributed by atoms with Crippen molar-refractivity contribution in [2.75, 3.05) is 37.4 Å². The van der Waals surface area contributed by atoms with Crippen LogP contribution < -0.4 is 5.32 Å². The molecule has 1 atom stereocenters. The van der Waals surface area contributed by atoms with Crippen LogP contribution in [0, 0.1) is 5.92 Å². The number of ether oxygens (including phenoxy) is 1. The molecule has 0 bridgehead atoms. The fourth-order valence-corrected chi connectivity index (χ4v) is 3.60. The molecule has 0 spiro atoms. The van der Waals surface area contributed by atoms with Crippen LogP contribution in [-0.4, -0.2) is 48.8 Å². The van der Waals surface area contributed by atoms with Crippen molar-refractivity contribution in [2.24, 2.45) is 5.92 Å². The van der Waals surface area contributed by atoms with Gasteiger partial charge in [-0.25, -0.2) is 0 Å². The van der Waals surface area contributed by atoms with E-state index in [2.05, 4.69) is 5.32 Å². The van der Waals surface area contributed by atoms with Gasteiger partial charge in [0.05, 0.1) is 24.8 Å². The van der Waals surface area contributed by atoms with Crippen LogP contribution in [0.25, 0.3) is 0 Å². The first-order valence-corrected chi connectivity index (χ1v) is 8.11. The molecule has 0 radical (unpaired) electrons. The minimum absolute atomic E-state index is 0.0463. The van der Waals surface area contributed by atoms with Crippen molar-refractivity contribution in [1.82, 2.24) is 4.90 Å². The highest BCUT2D eigenvalue weighted by Gasteiger charge is 2.28. The number of hydrogen-bond donors (Lipinski definition) is 1. The molecule has 0 aliphatic carbocycles. The number of amides is 2. The van der Waals surface area contributed by atoms with Crippen molar-refractivity contribution in [3.63, 3.8) is 0 Å². The van der Waals surface area contributed by atoms with Gasteiger partial charge in [0, 0.05) is 30.2 Å². The molecule has 6 heteroatoms. The lowest BCUT2D eigenvalue weighted by Gasteiger charge is -2.28. The van der Waals surface area contributed by atoms with E-state index in [1.54, 1.807) is 16.7 Å². The first kappa shape index (κ1) is 14.4. The fourth-order valence-electron chi connectivity index (χ4n) is 2.50. The van der Waals surface area contributed by atoms with Gasteiger partial charge in [-0.1, -0.05) is 12.1 Å². The summed E-state index contributed by atoms with van der Waals surface area (Å²) in [6.45, 7) is 2.42. The molecule has 2 aliphatic heterocycles. The summed E-state index contributed by atoms with van der Waals surface area (Å²) >= 11 is 1.63. The summed E-state index contributed by atoms with van der Waals surface area (Å²) in [5, 5.41) is 2.93. The van der Waals surface area contributed by atoms with Crippen LogP contribution in [0.3, 0.4) is 0 Å². The van der Waals surface area contributed by atoms with Gasteiger partial charge in [0.1, 0.15) is 0 Å². The molecular formula is C15H18N2O3S. The van der Waals surface area contributed by atoms with Crippen LogP contribution in [-0.2, 0) is 14.3 Å². The zero-order chi connectivity index (χ0) is 14.7. The predicted octanol–water partition coefficient (Wildman–Crippen LogP) is 1.60. The molecule has 2 amide bonds. The minimum Gasteiger partial charge on any atom is -0.378 e. The second-order valence-electron chi connectivity index (χ2n) is 5.19. The lowest BCUT2D eigenvalue weighted by Crippen LogP contribution is -2.42. The van der Waals surface area contributed by atoms with Gasteiger partial charge < -0.3 is 15.0 Å². The number of carbonyl (C=O) groups excluding carboxylic acids is 2. The Balaban J connectivity index is 1.64. The normalized spacial score (nSPS) is 22.2. The van der Waals surface area contributed by atoms with Crippen molar-refractivity contribution >= 4 is 29.3 Å². The maximum absolute atomic E-state index is 12.3. The summed E-state index contributed by atoms with van der Waals surface area (Å²) in [6.07, 6.45) is 0.271. The third-order valence-corrected chi connectivity index (χ3v) is 4.98. The van der Waals surface area contributed by atoms with Gasteiger partial charge in [-0.05, 0) is 12.1 Å². The van der Waals surface area contributed by atoms with Crippen molar-refractivity contribution in [3.8, 4) is 0 Å². The molecule has 2 heterocycles. The largest absolute Gasteiger partial charge is 0.378 e. The van der Waals surface area contributed by atoms with Crippen molar-refractivity contribution in [3.05, 3.63) is 24.3 Å². The Morgan fingerprint density at radius 3 is 2.90 bits per heavy atom. The molecule has 0 saturated carbocycles. The molecule has 2 aliphatic rings. The van der Waals surface area contributed by atoms with Gasteiger partial charge in [-0.15, -0.1) is 11.8 Å². The summed E-state index contributed by atoms with van der Waals surface area (Å²) in [5.41, 5.74) is 0.842. The van der Waals surface area contributed by atoms with Crippen LogP contribution >= 0.6 is 11.8 Å². The third-order valence-electron chi connectivity index (χ3n) is 3.74. The number of nitrogens with one attached hydrogen (secondary N) is 1. The Hall–Kier alpha value is -1.53. The van der Waals surface area contributed by atoms with Gasteiger partial charge in [-0.2, -0.15) is 0 Å². The van der Waals surface area contributed by atoms with Crippen molar-refractivity contribution in [1.29, 1.82) is 0 Å². The van der Waals surface area contributed by atoms with Crippen LogP contribution in [0.15, 0.2) is 29.2 Å². The van der Waals surface area contributed by atoms with Crippen LogP contribution in [0.2, 0.25) is 0 Å². The third kappa shape index (κ3) is 3.39. The summed E-state index contributed by atoms with van der Waals surface area (Å²) in [4.78, 5) is 27.4. The highest BCUT2D eigenvalue weighted by atomic mass is 32.2. The molecule has 1 N–H and O–H groups in total. The monoisotopic (exact) mass is 306 g/mol. The number of rotatable bonds is 2. The molecule has 1 aromatic carbocycles. The van der Waals surface area contributed by atoms with Gasteiger partial charge in [-0.3, -0.25) is 9.59 Å². The van der Waals surface area contributed by atoms with Crippen molar-refractivity contribution < 1.29 is 14.3 Å². The van der Waals surface area contributed by atoms with E-state index in [1.165, 1.54) is 0 Å². The van der Waals surface area contributed by atoms with Gasteiger partial charge in [0.25, 0.3) is 0 Å². The lowest BCUT2D eigenvalue weighted by atomic mass is 10.1. The van der Waals surface area contributed by atoms with E-state index in [1.807, 2.05) is 24.3 Å². The average molecular weight is 306 g/mol. The second kappa shape index (κ2) is 6.49. The molecule has 112 valence electrons. The van der Waals surface area contributed by atoms with Crippen LogP contribution in [0.5, 0.6) is 0 Å². The molecule has 0 aromatic heterocycles. The predicted molar refractivity (Wildman–Crippen MR) is 81.3 cm³/mol. The highest BCUT2D eigenvalue weighted by molar-refractivity contribution is 7.99. The molecule has 5 nitrogen and oxygen atoms in total. The molecule has 1 fully saturated rings. The summed E-state index contributed by atoms with van der Waals surface area (Å²) in [6, 6.07) is 7.74. The maximum atomic E-state index is 12.3. The number of thioether (sulfide) groups is 1. The number of anilines is 1. The Kier molecular flexibility index (Phi) is 4.45. The smallest absolute Gasteiger partial charge is 0.228 e. The zero-order valence-corrected chi connectivity index (χ0v) is 12.5. The number of carbonyl (C=O) groups is 2. The lowest BCUT2D eigenvalue weighted by molar-refractivity contribution is -0.138.